The molecule has 1 heterocycles. The van der Waals surface area contributed by atoms with Crippen LogP contribution in [0.2, 0.25) is 0 Å². The van der Waals surface area contributed by atoms with Crippen molar-refractivity contribution in [2.24, 2.45) is 0 Å². The fourth-order valence-electron chi connectivity index (χ4n) is 2.47. The Labute approximate surface area is 100 Å². The Bertz CT molecular complexity index is 175. The molecular weight excluding hydrogens is 200 g/mol. The molecule has 2 atom stereocenters. The maximum absolute atomic E-state index is 9.07. The first-order valence-electron chi connectivity index (χ1n) is 6.86. The summed E-state index contributed by atoms with van der Waals surface area (Å²) in [4.78, 5) is 2.58. The maximum Gasteiger partial charge on any atom is 0.0446 e. The molecule has 1 aliphatic rings. The van der Waals surface area contributed by atoms with E-state index in [0.717, 1.165) is 32.0 Å². The van der Waals surface area contributed by atoms with E-state index >= 15 is 0 Å². The van der Waals surface area contributed by atoms with Crippen molar-refractivity contribution in [1.82, 2.24) is 10.2 Å². The Morgan fingerprint density at radius 3 is 2.88 bits per heavy atom. The molecule has 0 radical (unpaired) electrons. The van der Waals surface area contributed by atoms with E-state index in [-0.39, 0.29) is 0 Å². The second kappa shape index (κ2) is 8.04. The number of hydrogen-bond acceptors (Lipinski definition) is 3. The molecule has 0 bridgehead atoms. The number of nitrogens with one attached hydrogen (secondary N) is 1. The predicted molar refractivity (Wildman–Crippen MR) is 68.7 cm³/mol. The van der Waals surface area contributed by atoms with Gasteiger partial charge in [0, 0.05) is 25.2 Å². The molecule has 0 aromatic heterocycles. The van der Waals surface area contributed by atoms with Crippen LogP contribution in [-0.2, 0) is 0 Å². The van der Waals surface area contributed by atoms with Gasteiger partial charge in [0.25, 0.3) is 0 Å². The van der Waals surface area contributed by atoms with Gasteiger partial charge in [-0.15, -0.1) is 0 Å². The minimum Gasteiger partial charge on any atom is -0.396 e. The average molecular weight is 228 g/mol. The minimum atomic E-state index is 0.295. The van der Waals surface area contributed by atoms with Crippen molar-refractivity contribution < 1.29 is 5.11 Å². The molecule has 2 unspecified atom stereocenters. The van der Waals surface area contributed by atoms with E-state index < -0.39 is 0 Å². The molecule has 0 saturated carbocycles. The van der Waals surface area contributed by atoms with Gasteiger partial charge in [-0.05, 0) is 45.7 Å². The molecule has 2 N–H and O–H groups in total. The normalized spacial score (nSPS) is 24.6. The van der Waals surface area contributed by atoms with Crippen molar-refractivity contribution in [3.8, 4) is 0 Å². The number of piperidine rings is 1. The summed E-state index contributed by atoms with van der Waals surface area (Å²) in [6.45, 7) is 8.20. The van der Waals surface area contributed by atoms with Gasteiger partial charge < -0.3 is 10.4 Å². The SMILES string of the molecule is CCCNC(CCO)CN1CCCCC1C. The Kier molecular flexibility index (Phi) is 7.01. The Morgan fingerprint density at radius 1 is 1.44 bits per heavy atom. The van der Waals surface area contributed by atoms with Crippen LogP contribution in [0.15, 0.2) is 0 Å². The van der Waals surface area contributed by atoms with Gasteiger partial charge in [0.1, 0.15) is 0 Å². The fourth-order valence-corrected chi connectivity index (χ4v) is 2.47. The highest BCUT2D eigenvalue weighted by Gasteiger charge is 2.21. The molecule has 0 amide bonds. The quantitative estimate of drug-likeness (QED) is 0.695. The monoisotopic (exact) mass is 228 g/mol. The van der Waals surface area contributed by atoms with E-state index in [0.29, 0.717) is 12.6 Å². The zero-order valence-corrected chi connectivity index (χ0v) is 10.9. The van der Waals surface area contributed by atoms with Crippen molar-refractivity contribution in [2.45, 2.75) is 58.0 Å². The molecule has 16 heavy (non-hydrogen) atoms. The summed E-state index contributed by atoms with van der Waals surface area (Å²) in [5.41, 5.74) is 0. The minimum absolute atomic E-state index is 0.295. The van der Waals surface area contributed by atoms with Crippen LogP contribution in [0.5, 0.6) is 0 Å². The lowest BCUT2D eigenvalue weighted by Crippen LogP contribution is -2.47. The molecule has 1 aliphatic heterocycles. The van der Waals surface area contributed by atoms with Gasteiger partial charge in [-0.25, -0.2) is 0 Å². The second-order valence-corrected chi connectivity index (χ2v) is 5.00. The van der Waals surface area contributed by atoms with Crippen LogP contribution in [0.4, 0.5) is 0 Å². The van der Waals surface area contributed by atoms with Crippen molar-refractivity contribution in [3.05, 3.63) is 0 Å². The fraction of sp³-hybridized carbons (Fsp3) is 1.00. The smallest absolute Gasteiger partial charge is 0.0446 e. The van der Waals surface area contributed by atoms with E-state index in [1.54, 1.807) is 0 Å². The van der Waals surface area contributed by atoms with Gasteiger partial charge in [-0.1, -0.05) is 13.3 Å². The maximum atomic E-state index is 9.07. The molecule has 1 saturated heterocycles. The van der Waals surface area contributed by atoms with E-state index in [9.17, 15) is 0 Å². The summed E-state index contributed by atoms with van der Waals surface area (Å²) in [6, 6.07) is 1.18. The van der Waals surface area contributed by atoms with Crippen molar-refractivity contribution >= 4 is 0 Å². The standard InChI is InChI=1S/C13H28N2O/c1-3-8-14-13(7-10-16)11-15-9-5-4-6-12(15)2/h12-14,16H,3-11H2,1-2H3. The lowest BCUT2D eigenvalue weighted by atomic mass is 10.0. The zero-order chi connectivity index (χ0) is 11.8. The topological polar surface area (TPSA) is 35.5 Å². The van der Waals surface area contributed by atoms with Crippen LogP contribution in [0, 0.1) is 0 Å². The molecule has 1 rings (SSSR count). The van der Waals surface area contributed by atoms with Gasteiger partial charge >= 0.3 is 0 Å². The van der Waals surface area contributed by atoms with E-state index in [4.69, 9.17) is 5.11 Å². The third kappa shape index (κ3) is 4.81. The van der Waals surface area contributed by atoms with Crippen LogP contribution in [-0.4, -0.2) is 48.3 Å². The van der Waals surface area contributed by atoms with Crippen LogP contribution < -0.4 is 5.32 Å². The Balaban J connectivity index is 2.33. The first-order valence-corrected chi connectivity index (χ1v) is 6.86. The highest BCUT2D eigenvalue weighted by Crippen LogP contribution is 2.16. The highest BCUT2D eigenvalue weighted by atomic mass is 16.3. The van der Waals surface area contributed by atoms with Gasteiger partial charge in [0.15, 0.2) is 0 Å². The van der Waals surface area contributed by atoms with Crippen LogP contribution >= 0.6 is 0 Å². The first-order chi connectivity index (χ1) is 7.77. The van der Waals surface area contributed by atoms with Crippen molar-refractivity contribution in [1.29, 1.82) is 0 Å². The molecule has 0 spiro atoms. The number of hydrogen-bond donors (Lipinski definition) is 2. The van der Waals surface area contributed by atoms with Gasteiger partial charge in [-0.2, -0.15) is 0 Å². The molecule has 96 valence electrons. The Hall–Kier alpha value is -0.120. The molecule has 0 aromatic rings. The molecular formula is C13H28N2O. The first kappa shape index (κ1) is 13.9. The van der Waals surface area contributed by atoms with Crippen LogP contribution in [0.1, 0.15) is 46.0 Å². The number of aliphatic hydroxyl groups is 1. The summed E-state index contributed by atoms with van der Waals surface area (Å²) in [5, 5.41) is 12.6. The third-order valence-electron chi connectivity index (χ3n) is 3.56. The van der Waals surface area contributed by atoms with Crippen molar-refractivity contribution in [3.63, 3.8) is 0 Å². The summed E-state index contributed by atoms with van der Waals surface area (Å²) in [6.07, 6.45) is 6.09. The van der Waals surface area contributed by atoms with E-state index in [2.05, 4.69) is 24.1 Å². The van der Waals surface area contributed by atoms with Crippen LogP contribution in [0.25, 0.3) is 0 Å². The molecule has 1 fully saturated rings. The van der Waals surface area contributed by atoms with Crippen LogP contribution in [0.3, 0.4) is 0 Å². The molecule has 3 heteroatoms. The third-order valence-corrected chi connectivity index (χ3v) is 3.56. The zero-order valence-electron chi connectivity index (χ0n) is 10.9. The van der Waals surface area contributed by atoms with Gasteiger partial charge in [-0.3, -0.25) is 4.90 Å². The number of aliphatic hydroxyl groups excluding tert-OH is 1. The summed E-state index contributed by atoms with van der Waals surface area (Å²) in [5.74, 6) is 0. The second-order valence-electron chi connectivity index (χ2n) is 5.00. The average Bonchev–Trinajstić information content (AvgIpc) is 2.29. The largest absolute Gasteiger partial charge is 0.396 e. The van der Waals surface area contributed by atoms with E-state index in [1.165, 1.54) is 25.8 Å². The summed E-state index contributed by atoms with van der Waals surface area (Å²) in [7, 11) is 0. The number of nitrogens with zero attached hydrogens (tertiary/aromatic N) is 1. The summed E-state index contributed by atoms with van der Waals surface area (Å²) < 4.78 is 0. The van der Waals surface area contributed by atoms with Crippen molar-refractivity contribution in [2.75, 3.05) is 26.2 Å². The predicted octanol–water partition coefficient (Wildman–Crippen LogP) is 1.61. The highest BCUT2D eigenvalue weighted by molar-refractivity contribution is 4.78. The number of rotatable bonds is 7. The van der Waals surface area contributed by atoms with Gasteiger partial charge in [0.05, 0.1) is 0 Å². The lowest BCUT2D eigenvalue weighted by Gasteiger charge is -2.36. The molecule has 3 nitrogen and oxygen atoms in total. The summed E-state index contributed by atoms with van der Waals surface area (Å²) >= 11 is 0. The van der Waals surface area contributed by atoms with Gasteiger partial charge in [0.2, 0.25) is 0 Å². The molecule has 0 aliphatic carbocycles. The Morgan fingerprint density at radius 2 is 2.25 bits per heavy atom. The molecule has 0 aromatic carbocycles. The lowest BCUT2D eigenvalue weighted by molar-refractivity contribution is 0.135. The number of likely N-dealkylation sites (tertiary alicyclic amines) is 1. The van der Waals surface area contributed by atoms with E-state index in [1.807, 2.05) is 0 Å².